The number of aryl methyl sites for hydroxylation is 1. The van der Waals surface area contributed by atoms with Crippen LogP contribution in [0, 0.1) is 6.92 Å². The monoisotopic (exact) mass is 304 g/mol. The summed E-state index contributed by atoms with van der Waals surface area (Å²) in [5.41, 5.74) is 1.67. The van der Waals surface area contributed by atoms with Crippen LogP contribution in [0.3, 0.4) is 0 Å². The smallest absolute Gasteiger partial charge is 0.251 e. The summed E-state index contributed by atoms with van der Waals surface area (Å²) in [6.45, 7) is 7.47. The van der Waals surface area contributed by atoms with E-state index in [1.807, 2.05) is 43.9 Å². The van der Waals surface area contributed by atoms with Crippen LogP contribution in [0.15, 0.2) is 24.3 Å². The Balaban J connectivity index is 1.78. The van der Waals surface area contributed by atoms with Crippen LogP contribution >= 0.6 is 0 Å². The van der Waals surface area contributed by atoms with Crippen molar-refractivity contribution in [1.29, 1.82) is 0 Å². The lowest BCUT2D eigenvalue weighted by Crippen LogP contribution is -2.48. The van der Waals surface area contributed by atoms with E-state index in [1.54, 1.807) is 6.07 Å². The molecule has 0 saturated carbocycles. The van der Waals surface area contributed by atoms with Gasteiger partial charge in [0.15, 0.2) is 0 Å². The fraction of sp³-hybridized carbons (Fsp3) is 0.529. The molecule has 0 bridgehead atoms. The summed E-state index contributed by atoms with van der Waals surface area (Å²) >= 11 is 0. The van der Waals surface area contributed by atoms with Crippen molar-refractivity contribution in [2.24, 2.45) is 0 Å². The molecule has 0 spiro atoms. The van der Waals surface area contributed by atoms with Crippen LogP contribution in [0.25, 0.3) is 0 Å². The first kappa shape index (κ1) is 16.5. The van der Waals surface area contributed by atoms with Gasteiger partial charge in [0.1, 0.15) is 0 Å². The second kappa shape index (κ2) is 7.40. The van der Waals surface area contributed by atoms with Crippen molar-refractivity contribution in [3.05, 3.63) is 35.4 Å². The lowest BCUT2D eigenvalue weighted by molar-refractivity contribution is -0.143. The number of nitrogens with one attached hydrogen (secondary N) is 1. The highest BCUT2D eigenvalue weighted by atomic mass is 16.5. The minimum atomic E-state index is -0.139. The predicted octanol–water partition coefficient (Wildman–Crippen LogP) is 1.75. The Bertz CT molecular complexity index is 534. The second-order valence-corrected chi connectivity index (χ2v) is 5.93. The highest BCUT2D eigenvalue weighted by Crippen LogP contribution is 2.11. The summed E-state index contributed by atoms with van der Waals surface area (Å²) in [5.74, 6) is -0.0771. The number of nitrogens with zero attached hydrogens (tertiary/aromatic N) is 1. The van der Waals surface area contributed by atoms with Gasteiger partial charge in [0.25, 0.3) is 5.91 Å². The quantitative estimate of drug-likeness (QED) is 0.922. The van der Waals surface area contributed by atoms with Crippen LogP contribution in [-0.2, 0) is 9.53 Å². The summed E-state index contributed by atoms with van der Waals surface area (Å²) < 4.78 is 5.61. The van der Waals surface area contributed by atoms with Crippen molar-refractivity contribution >= 4 is 11.8 Å². The molecule has 1 saturated heterocycles. The fourth-order valence-corrected chi connectivity index (χ4v) is 2.71. The Morgan fingerprint density at radius 3 is 2.59 bits per heavy atom. The van der Waals surface area contributed by atoms with Crippen molar-refractivity contribution in [2.45, 2.75) is 39.4 Å². The van der Waals surface area contributed by atoms with Gasteiger partial charge in [-0.05, 0) is 32.9 Å². The molecule has 22 heavy (non-hydrogen) atoms. The SMILES string of the molecule is Cc1cccc(C(=O)NCCC(=O)N2C[C@@H](C)O[C@@H](C)C2)c1. The van der Waals surface area contributed by atoms with Gasteiger partial charge in [0.05, 0.1) is 12.2 Å². The molecule has 0 radical (unpaired) electrons. The van der Waals surface area contributed by atoms with Crippen LogP contribution in [0.2, 0.25) is 0 Å². The van der Waals surface area contributed by atoms with E-state index in [2.05, 4.69) is 5.32 Å². The molecule has 2 amide bonds. The van der Waals surface area contributed by atoms with E-state index in [-0.39, 0.29) is 24.0 Å². The Morgan fingerprint density at radius 1 is 1.27 bits per heavy atom. The predicted molar refractivity (Wildman–Crippen MR) is 84.7 cm³/mol. The summed E-state index contributed by atoms with van der Waals surface area (Å²) in [5, 5.41) is 2.80. The Hall–Kier alpha value is -1.88. The maximum atomic E-state index is 12.2. The summed E-state index contributed by atoms with van der Waals surface area (Å²) in [7, 11) is 0. The first-order valence-electron chi connectivity index (χ1n) is 7.74. The van der Waals surface area contributed by atoms with Gasteiger partial charge in [-0.3, -0.25) is 9.59 Å². The summed E-state index contributed by atoms with van der Waals surface area (Å²) in [6, 6.07) is 7.41. The average molecular weight is 304 g/mol. The maximum Gasteiger partial charge on any atom is 0.251 e. The molecular formula is C17H24N2O3. The highest BCUT2D eigenvalue weighted by molar-refractivity contribution is 5.94. The van der Waals surface area contributed by atoms with Gasteiger partial charge in [-0.25, -0.2) is 0 Å². The third-order valence-corrected chi connectivity index (χ3v) is 3.68. The molecule has 1 aromatic rings. The lowest BCUT2D eigenvalue weighted by atomic mass is 10.1. The molecule has 1 aliphatic heterocycles. The zero-order valence-electron chi connectivity index (χ0n) is 13.5. The van der Waals surface area contributed by atoms with Crippen LogP contribution < -0.4 is 5.32 Å². The second-order valence-electron chi connectivity index (χ2n) is 5.93. The number of carbonyl (C=O) groups is 2. The van der Waals surface area contributed by atoms with Crippen LogP contribution in [0.1, 0.15) is 36.2 Å². The molecule has 0 aliphatic carbocycles. The molecule has 1 aromatic carbocycles. The average Bonchev–Trinajstić information content (AvgIpc) is 2.46. The molecule has 5 nitrogen and oxygen atoms in total. The molecule has 5 heteroatoms. The van der Waals surface area contributed by atoms with E-state index in [1.165, 1.54) is 0 Å². The Kier molecular flexibility index (Phi) is 5.55. The summed E-state index contributed by atoms with van der Waals surface area (Å²) in [4.78, 5) is 26.0. The number of amides is 2. The molecule has 120 valence electrons. The zero-order valence-corrected chi connectivity index (χ0v) is 13.5. The summed E-state index contributed by atoms with van der Waals surface area (Å²) in [6.07, 6.45) is 0.445. The lowest BCUT2D eigenvalue weighted by Gasteiger charge is -2.35. The van der Waals surface area contributed by atoms with Gasteiger partial charge in [-0.2, -0.15) is 0 Å². The number of ether oxygens (including phenoxy) is 1. The van der Waals surface area contributed by atoms with Crippen molar-refractivity contribution in [2.75, 3.05) is 19.6 Å². The molecule has 0 unspecified atom stereocenters. The third kappa shape index (κ3) is 4.56. The largest absolute Gasteiger partial charge is 0.372 e. The van der Waals surface area contributed by atoms with Crippen molar-refractivity contribution < 1.29 is 14.3 Å². The van der Waals surface area contributed by atoms with Crippen LogP contribution in [-0.4, -0.2) is 48.6 Å². The van der Waals surface area contributed by atoms with E-state index in [9.17, 15) is 9.59 Å². The molecule has 2 rings (SSSR count). The van der Waals surface area contributed by atoms with E-state index in [0.29, 0.717) is 31.6 Å². The molecule has 1 heterocycles. The number of carbonyl (C=O) groups excluding carboxylic acids is 2. The van der Waals surface area contributed by atoms with E-state index >= 15 is 0 Å². The van der Waals surface area contributed by atoms with E-state index in [4.69, 9.17) is 4.74 Å². The molecular weight excluding hydrogens is 280 g/mol. The molecule has 1 aliphatic rings. The molecule has 1 fully saturated rings. The zero-order chi connectivity index (χ0) is 16.1. The van der Waals surface area contributed by atoms with Gasteiger partial charge >= 0.3 is 0 Å². The molecule has 1 N–H and O–H groups in total. The van der Waals surface area contributed by atoms with Crippen molar-refractivity contribution in [1.82, 2.24) is 10.2 Å². The third-order valence-electron chi connectivity index (χ3n) is 3.68. The highest BCUT2D eigenvalue weighted by Gasteiger charge is 2.25. The fourth-order valence-electron chi connectivity index (χ4n) is 2.71. The number of morpholine rings is 1. The van der Waals surface area contributed by atoms with Gasteiger partial charge in [-0.1, -0.05) is 17.7 Å². The first-order chi connectivity index (χ1) is 10.5. The number of rotatable bonds is 4. The first-order valence-corrected chi connectivity index (χ1v) is 7.74. The van der Waals surface area contributed by atoms with Crippen LogP contribution in [0.4, 0.5) is 0 Å². The number of hydrogen-bond acceptors (Lipinski definition) is 3. The normalized spacial score (nSPS) is 21.5. The Labute approximate surface area is 131 Å². The van der Waals surface area contributed by atoms with E-state index in [0.717, 1.165) is 5.56 Å². The van der Waals surface area contributed by atoms with Crippen LogP contribution in [0.5, 0.6) is 0 Å². The topological polar surface area (TPSA) is 58.6 Å². The number of hydrogen-bond donors (Lipinski definition) is 1. The minimum absolute atomic E-state index is 0.0616. The molecule has 2 atom stereocenters. The van der Waals surface area contributed by atoms with Gasteiger partial charge in [-0.15, -0.1) is 0 Å². The minimum Gasteiger partial charge on any atom is -0.372 e. The van der Waals surface area contributed by atoms with Gasteiger partial charge in [0, 0.05) is 31.6 Å². The Morgan fingerprint density at radius 2 is 1.95 bits per heavy atom. The number of benzene rings is 1. The van der Waals surface area contributed by atoms with Gasteiger partial charge in [0.2, 0.25) is 5.91 Å². The standard InChI is InChI=1S/C17H24N2O3/c1-12-5-4-6-15(9-12)17(21)18-8-7-16(20)19-10-13(2)22-14(3)11-19/h4-6,9,13-14H,7-8,10-11H2,1-3H3,(H,18,21)/t13-,14+. The van der Waals surface area contributed by atoms with E-state index < -0.39 is 0 Å². The van der Waals surface area contributed by atoms with Gasteiger partial charge < -0.3 is 15.0 Å². The van der Waals surface area contributed by atoms with Crippen molar-refractivity contribution in [3.8, 4) is 0 Å². The molecule has 0 aromatic heterocycles. The maximum absolute atomic E-state index is 12.2. The van der Waals surface area contributed by atoms with Crippen molar-refractivity contribution in [3.63, 3.8) is 0 Å².